The van der Waals surface area contributed by atoms with E-state index in [1.54, 1.807) is 6.20 Å². The van der Waals surface area contributed by atoms with Gasteiger partial charge in [0.2, 0.25) is 0 Å². The topological polar surface area (TPSA) is 65.5 Å². The average molecular weight is 339 g/mol. The lowest BCUT2D eigenvalue weighted by atomic mass is 10.1. The molecule has 2 aromatic rings. The van der Waals surface area contributed by atoms with Crippen LogP contribution in [0.2, 0.25) is 0 Å². The molecule has 2 N–H and O–H groups in total. The fourth-order valence-electron chi connectivity index (χ4n) is 2.50. The maximum atomic E-state index is 10.8. The Morgan fingerprint density at radius 2 is 2.09 bits per heavy atom. The van der Waals surface area contributed by atoms with E-state index in [9.17, 15) is 9.35 Å². The molecule has 0 fully saturated rings. The summed E-state index contributed by atoms with van der Waals surface area (Å²) in [7, 11) is 4.13. The highest BCUT2D eigenvalue weighted by Gasteiger charge is 2.22. The molecule has 0 spiro atoms. The van der Waals surface area contributed by atoms with Gasteiger partial charge >= 0.3 is 0 Å². The fraction of sp³-hybridized carbons (Fsp3) is 0.333. The molecule has 1 aromatic heterocycles. The summed E-state index contributed by atoms with van der Waals surface area (Å²) < 4.78 is 13.8. The molecule has 2 atom stereocenters. The number of carbonyl (C=O) groups is 1. The van der Waals surface area contributed by atoms with Crippen LogP contribution < -0.4 is 9.62 Å². The van der Waals surface area contributed by atoms with Crippen LogP contribution in [0.25, 0.3) is 10.8 Å². The largest absolute Gasteiger partial charge is 0.377 e. The first kappa shape index (κ1) is 17.2. The second-order valence-electron chi connectivity index (χ2n) is 5.31. The minimum Gasteiger partial charge on any atom is -0.377 e. The molecular weight excluding hydrogens is 317 g/mol. The van der Waals surface area contributed by atoms with Gasteiger partial charge in [0.15, 0.2) is 0 Å². The van der Waals surface area contributed by atoms with Crippen molar-refractivity contribution in [1.29, 1.82) is 0 Å². The molecule has 0 bridgehead atoms. The van der Waals surface area contributed by atoms with Crippen LogP contribution in [0.5, 0.6) is 0 Å². The average Bonchev–Trinajstić information content (AvgIpc) is 2.46. The highest BCUT2D eigenvalue weighted by Crippen LogP contribution is 2.57. The third kappa shape index (κ3) is 3.41. The van der Waals surface area contributed by atoms with E-state index < -0.39 is 10.1 Å². The van der Waals surface area contributed by atoms with Gasteiger partial charge < -0.3 is 14.2 Å². The number of nitrogens with zero attached hydrogens (tertiary/aromatic N) is 2. The summed E-state index contributed by atoms with van der Waals surface area (Å²) in [6, 6.07) is 5.99. The second kappa shape index (κ2) is 6.92. The van der Waals surface area contributed by atoms with Crippen LogP contribution in [0.1, 0.15) is 12.0 Å². The molecule has 0 aliphatic carbocycles. The van der Waals surface area contributed by atoms with Crippen LogP contribution in [0.15, 0.2) is 29.4 Å². The zero-order chi connectivity index (χ0) is 16.3. The van der Waals surface area contributed by atoms with Gasteiger partial charge in [-0.1, -0.05) is 12.1 Å². The highest BCUT2D eigenvalue weighted by molar-refractivity contribution is 8.64. The van der Waals surface area contributed by atoms with Crippen LogP contribution in [0, 0.1) is 6.92 Å². The Kier molecular flexibility index (Phi) is 5.40. The molecule has 120 valence electrons. The van der Waals surface area contributed by atoms with Gasteiger partial charge in [-0.05, 0) is 37.1 Å². The van der Waals surface area contributed by atoms with E-state index in [2.05, 4.69) is 30.0 Å². The molecule has 0 aliphatic rings. The molecule has 0 amide bonds. The summed E-state index contributed by atoms with van der Waals surface area (Å²) in [4.78, 5) is 16.9. The van der Waals surface area contributed by atoms with Gasteiger partial charge in [-0.25, -0.2) is 4.98 Å². The number of aryl methyl sites for hydroxylation is 1. The van der Waals surface area contributed by atoms with Crippen LogP contribution >= 0.6 is 18.6 Å². The van der Waals surface area contributed by atoms with Crippen molar-refractivity contribution in [2.45, 2.75) is 18.4 Å². The van der Waals surface area contributed by atoms with Gasteiger partial charge in [-0.15, -0.1) is 0 Å². The van der Waals surface area contributed by atoms with Crippen molar-refractivity contribution in [3.63, 3.8) is 0 Å². The lowest BCUT2D eigenvalue weighted by Crippen LogP contribution is -2.19. The number of fused-ring (bicyclic) bond motifs is 1. The molecule has 0 saturated carbocycles. The van der Waals surface area contributed by atoms with E-state index in [0.29, 0.717) is 18.0 Å². The first-order valence-electron chi connectivity index (χ1n) is 6.96. The molecule has 0 radical (unpaired) electrons. The predicted octanol–water partition coefficient (Wildman–Crippen LogP) is 3.13. The second-order valence-corrected chi connectivity index (χ2v) is 9.29. The number of nitrogens with one attached hydrogen (secondary N) is 1. The smallest absolute Gasteiger partial charge is 0.125 e. The Bertz CT molecular complexity index is 692. The quantitative estimate of drug-likeness (QED) is 0.481. The molecule has 22 heavy (non-hydrogen) atoms. The normalized spacial score (nSPS) is 15.3. The number of aldehydes is 1. The number of carbonyl (C=O) groups excluding carboxylic acids is 1. The van der Waals surface area contributed by atoms with E-state index in [4.69, 9.17) is 0 Å². The van der Waals surface area contributed by atoms with Crippen molar-refractivity contribution in [1.82, 2.24) is 9.71 Å². The van der Waals surface area contributed by atoms with E-state index in [1.807, 2.05) is 32.3 Å². The number of anilines is 1. The van der Waals surface area contributed by atoms with Gasteiger partial charge in [0.1, 0.15) is 11.3 Å². The molecule has 2 rings (SSSR count). The van der Waals surface area contributed by atoms with Gasteiger partial charge in [0.25, 0.3) is 0 Å². The van der Waals surface area contributed by atoms with Crippen molar-refractivity contribution < 1.29 is 9.35 Å². The van der Waals surface area contributed by atoms with Gasteiger partial charge in [-0.2, -0.15) is 0 Å². The van der Waals surface area contributed by atoms with Crippen LogP contribution in [-0.2, 0) is 4.79 Å². The first-order chi connectivity index (χ1) is 10.4. The van der Waals surface area contributed by atoms with E-state index in [-0.39, 0.29) is 0 Å². The molecule has 0 aliphatic heterocycles. The first-order valence-corrected chi connectivity index (χ1v) is 10.0. The monoisotopic (exact) mass is 339 g/mol. The Morgan fingerprint density at radius 3 is 2.73 bits per heavy atom. The molecular formula is C15H22N3O2PS. The molecule has 7 heteroatoms. The van der Waals surface area contributed by atoms with Crippen molar-refractivity contribution in [2.75, 3.05) is 25.5 Å². The third-order valence-electron chi connectivity index (χ3n) is 3.41. The van der Waals surface area contributed by atoms with Gasteiger partial charge in [-0.3, -0.25) is 4.72 Å². The lowest BCUT2D eigenvalue weighted by Gasteiger charge is -2.30. The van der Waals surface area contributed by atoms with Crippen molar-refractivity contribution in [3.05, 3.63) is 30.0 Å². The standard InChI is InChI=1S/C15H22N3O2PS/c1-11-5-6-13-12(14(11)18(2)3)7-9-16-15(13)22(20,21)17-8-4-10-19/h5-7,9-10,17,20H,4,8,21H2,1-3H3. The summed E-state index contributed by atoms with van der Waals surface area (Å²) in [5.74, 6) is 0. The zero-order valence-electron chi connectivity index (χ0n) is 13.0. The number of hydrogen-bond acceptors (Lipinski definition) is 5. The lowest BCUT2D eigenvalue weighted by molar-refractivity contribution is -0.107. The Balaban J connectivity index is 2.56. The van der Waals surface area contributed by atoms with E-state index >= 15 is 0 Å². The van der Waals surface area contributed by atoms with Gasteiger partial charge in [0, 0.05) is 49.7 Å². The fourth-order valence-corrected chi connectivity index (χ4v) is 4.72. The van der Waals surface area contributed by atoms with Crippen LogP contribution in [0.3, 0.4) is 0 Å². The van der Waals surface area contributed by atoms with E-state index in [0.717, 1.165) is 22.7 Å². The summed E-state index contributed by atoms with van der Waals surface area (Å²) >= 11 is 0. The summed E-state index contributed by atoms with van der Waals surface area (Å²) in [6.45, 7) is 2.49. The highest BCUT2D eigenvalue weighted by atomic mass is 32.8. The number of hydrogen-bond donors (Lipinski definition) is 2. The molecule has 1 heterocycles. The summed E-state index contributed by atoms with van der Waals surface area (Å²) in [6.07, 6.45) is 2.90. The minimum atomic E-state index is -2.34. The van der Waals surface area contributed by atoms with Crippen molar-refractivity contribution in [2.24, 2.45) is 0 Å². The molecule has 0 saturated heterocycles. The van der Waals surface area contributed by atoms with Crippen molar-refractivity contribution in [3.8, 4) is 0 Å². The predicted molar refractivity (Wildman–Crippen MR) is 97.7 cm³/mol. The minimum absolute atomic E-state index is 0.358. The molecule has 5 nitrogen and oxygen atoms in total. The van der Waals surface area contributed by atoms with Crippen LogP contribution in [0.4, 0.5) is 5.69 Å². The SMILES string of the molecule is Cc1ccc2c(S(O)(P)NCCC=O)nccc2c1N(C)C. The number of benzene rings is 1. The van der Waals surface area contributed by atoms with Crippen LogP contribution in [-0.4, -0.2) is 36.5 Å². The Hall–Kier alpha value is -1.20. The summed E-state index contributed by atoms with van der Waals surface area (Å²) in [5, 5.41) is 2.59. The number of aromatic nitrogens is 1. The van der Waals surface area contributed by atoms with Crippen molar-refractivity contribution >= 4 is 41.3 Å². The maximum absolute atomic E-state index is 10.8. The summed E-state index contributed by atoms with van der Waals surface area (Å²) in [5.41, 5.74) is 2.29. The Labute approximate surface area is 134 Å². The van der Waals surface area contributed by atoms with Gasteiger partial charge in [0.05, 0.1) is 0 Å². The molecule has 2 unspecified atom stereocenters. The number of rotatable bonds is 6. The Morgan fingerprint density at radius 1 is 1.36 bits per heavy atom. The van der Waals surface area contributed by atoms with E-state index in [1.165, 1.54) is 5.56 Å². The zero-order valence-corrected chi connectivity index (χ0v) is 15.0. The maximum Gasteiger partial charge on any atom is 0.125 e. The number of pyridine rings is 1. The molecule has 1 aromatic carbocycles. The third-order valence-corrected chi connectivity index (χ3v) is 6.14.